The summed E-state index contributed by atoms with van der Waals surface area (Å²) in [5, 5.41) is 0.525. The van der Waals surface area contributed by atoms with Crippen molar-refractivity contribution in [2.45, 2.75) is 0 Å². The van der Waals surface area contributed by atoms with Gasteiger partial charge in [0, 0.05) is 12.1 Å². The van der Waals surface area contributed by atoms with Crippen molar-refractivity contribution in [2.24, 2.45) is 0 Å². The molecule has 1 aromatic rings. The molecule has 4 heteroatoms. The van der Waals surface area contributed by atoms with E-state index in [1.54, 1.807) is 18.2 Å². The molecule has 0 aliphatic rings. The molecule has 0 aliphatic carbocycles. The quantitative estimate of drug-likeness (QED) is 0.552. The van der Waals surface area contributed by atoms with Gasteiger partial charge in [0.1, 0.15) is 5.75 Å². The van der Waals surface area contributed by atoms with Crippen LogP contribution in [0.2, 0.25) is 5.02 Å². The molecule has 0 fully saturated rings. The summed E-state index contributed by atoms with van der Waals surface area (Å²) >= 11 is 5.72. The normalized spacial score (nSPS) is 9.69. The Morgan fingerprint density at radius 2 is 2.31 bits per heavy atom. The molecule has 1 rings (SSSR count). The lowest BCUT2D eigenvalue weighted by Crippen LogP contribution is -2.01. The maximum atomic E-state index is 10.5. The Morgan fingerprint density at radius 1 is 1.54 bits per heavy atom. The van der Waals surface area contributed by atoms with Crippen LogP contribution < -0.4 is 4.74 Å². The Morgan fingerprint density at radius 3 is 2.92 bits per heavy atom. The summed E-state index contributed by atoms with van der Waals surface area (Å²) < 4.78 is 9.82. The molecule has 0 bridgehead atoms. The van der Waals surface area contributed by atoms with E-state index in [1.165, 1.54) is 7.11 Å². The molecule has 1 aromatic carbocycles. The lowest BCUT2D eigenvalue weighted by atomic mass is 10.2. The Bertz CT molecular complexity index is 299. The summed E-state index contributed by atoms with van der Waals surface area (Å²) in [6, 6.07) is 4.80. The number of rotatable bonds is 4. The lowest BCUT2D eigenvalue weighted by Gasteiger charge is -2.06. The fourth-order valence-corrected chi connectivity index (χ4v) is 1.02. The first kappa shape index (κ1) is 10.0. The summed E-state index contributed by atoms with van der Waals surface area (Å²) in [4.78, 5) is 10.5. The minimum Gasteiger partial charge on any atom is -0.467 e. The van der Waals surface area contributed by atoms with Gasteiger partial charge in [0.2, 0.25) is 0 Å². The first-order valence-corrected chi connectivity index (χ1v) is 4.02. The van der Waals surface area contributed by atoms with Gasteiger partial charge in [0.25, 0.3) is 0 Å². The van der Waals surface area contributed by atoms with Crippen molar-refractivity contribution in [3.8, 4) is 5.75 Å². The van der Waals surface area contributed by atoms with Crippen molar-refractivity contribution in [2.75, 3.05) is 13.9 Å². The first-order chi connectivity index (χ1) is 6.27. The van der Waals surface area contributed by atoms with Crippen molar-refractivity contribution in [3.05, 3.63) is 28.8 Å². The topological polar surface area (TPSA) is 35.5 Å². The van der Waals surface area contributed by atoms with Crippen molar-refractivity contribution >= 4 is 17.9 Å². The van der Waals surface area contributed by atoms with Gasteiger partial charge in [-0.1, -0.05) is 11.6 Å². The Labute approximate surface area is 81.2 Å². The summed E-state index contributed by atoms with van der Waals surface area (Å²) in [5.74, 6) is 0.435. The van der Waals surface area contributed by atoms with E-state index in [9.17, 15) is 4.79 Å². The zero-order chi connectivity index (χ0) is 9.68. The molecule has 3 nitrogen and oxygen atoms in total. The maximum absolute atomic E-state index is 10.5. The van der Waals surface area contributed by atoms with Gasteiger partial charge >= 0.3 is 0 Å². The van der Waals surface area contributed by atoms with Crippen LogP contribution in [0.3, 0.4) is 0 Å². The second-order valence-corrected chi connectivity index (χ2v) is 2.79. The summed E-state index contributed by atoms with van der Waals surface area (Å²) in [5.41, 5.74) is 0.460. The number of ether oxygens (including phenoxy) is 2. The largest absolute Gasteiger partial charge is 0.467 e. The van der Waals surface area contributed by atoms with Gasteiger partial charge in [-0.2, -0.15) is 0 Å². The molecule has 0 amide bonds. The van der Waals surface area contributed by atoms with Gasteiger partial charge in [-0.3, -0.25) is 4.79 Å². The predicted molar refractivity (Wildman–Crippen MR) is 49.3 cm³/mol. The fourth-order valence-electron chi connectivity index (χ4n) is 0.853. The predicted octanol–water partition coefficient (Wildman–Crippen LogP) is 2.14. The number of carbonyl (C=O) groups excluding carboxylic acids is 1. The Balaban J connectivity index is 2.87. The van der Waals surface area contributed by atoms with E-state index in [1.807, 2.05) is 0 Å². The molecule has 0 aromatic heterocycles. The molecule has 0 N–H and O–H groups in total. The van der Waals surface area contributed by atoms with Crippen LogP contribution in [0.15, 0.2) is 18.2 Å². The zero-order valence-electron chi connectivity index (χ0n) is 7.12. The molecule has 0 saturated carbocycles. The van der Waals surface area contributed by atoms with Crippen molar-refractivity contribution < 1.29 is 14.3 Å². The second-order valence-electron chi connectivity index (χ2n) is 2.35. The molecule has 13 heavy (non-hydrogen) atoms. The van der Waals surface area contributed by atoms with E-state index in [0.717, 1.165) is 0 Å². The van der Waals surface area contributed by atoms with E-state index in [2.05, 4.69) is 0 Å². The van der Waals surface area contributed by atoms with Gasteiger partial charge in [0.15, 0.2) is 13.1 Å². The first-order valence-electron chi connectivity index (χ1n) is 3.64. The molecule has 0 unspecified atom stereocenters. The molecule has 0 radical (unpaired) electrons. The van der Waals surface area contributed by atoms with E-state index >= 15 is 0 Å². The van der Waals surface area contributed by atoms with Crippen molar-refractivity contribution in [1.82, 2.24) is 0 Å². The third kappa shape index (κ3) is 2.72. The van der Waals surface area contributed by atoms with E-state index in [4.69, 9.17) is 21.1 Å². The molecule has 0 atom stereocenters. The number of carbonyl (C=O) groups is 1. The van der Waals surface area contributed by atoms with Crippen LogP contribution in [0.25, 0.3) is 0 Å². The van der Waals surface area contributed by atoms with E-state index < -0.39 is 0 Å². The maximum Gasteiger partial charge on any atom is 0.188 e. The summed E-state index contributed by atoms with van der Waals surface area (Å²) in [7, 11) is 1.51. The van der Waals surface area contributed by atoms with Crippen LogP contribution in [-0.4, -0.2) is 20.2 Å². The lowest BCUT2D eigenvalue weighted by molar-refractivity contribution is 0.0505. The van der Waals surface area contributed by atoms with Crippen LogP contribution >= 0.6 is 11.6 Å². The average molecular weight is 201 g/mol. The minimum absolute atomic E-state index is 0.0984. The second kappa shape index (κ2) is 4.84. The van der Waals surface area contributed by atoms with Crippen molar-refractivity contribution in [1.29, 1.82) is 0 Å². The molecular weight excluding hydrogens is 192 g/mol. The monoisotopic (exact) mass is 200 g/mol. The number of hydrogen-bond acceptors (Lipinski definition) is 3. The van der Waals surface area contributed by atoms with Gasteiger partial charge in [-0.05, 0) is 18.2 Å². The molecule has 0 spiro atoms. The highest BCUT2D eigenvalue weighted by Crippen LogP contribution is 2.21. The summed E-state index contributed by atoms with van der Waals surface area (Å²) in [6.45, 7) is 0.0984. The minimum atomic E-state index is 0.0984. The number of hydrogen-bond donors (Lipinski definition) is 0. The van der Waals surface area contributed by atoms with Crippen molar-refractivity contribution in [3.63, 3.8) is 0 Å². The number of benzene rings is 1. The van der Waals surface area contributed by atoms with Gasteiger partial charge in [-0.15, -0.1) is 0 Å². The third-order valence-electron chi connectivity index (χ3n) is 1.43. The Kier molecular flexibility index (Phi) is 3.73. The van der Waals surface area contributed by atoms with Crippen LogP contribution in [0.5, 0.6) is 5.75 Å². The number of aldehydes is 1. The highest BCUT2D eigenvalue weighted by Gasteiger charge is 2.02. The SMILES string of the molecule is COCOc1cc(Cl)ccc1C=O. The highest BCUT2D eigenvalue weighted by molar-refractivity contribution is 6.30. The van der Waals surface area contributed by atoms with E-state index in [0.29, 0.717) is 22.6 Å². The Hall–Kier alpha value is -1.06. The average Bonchev–Trinajstić information content (AvgIpc) is 2.15. The van der Waals surface area contributed by atoms with Crippen LogP contribution in [0, 0.1) is 0 Å². The van der Waals surface area contributed by atoms with Crippen LogP contribution in [0.4, 0.5) is 0 Å². The molecule has 0 saturated heterocycles. The van der Waals surface area contributed by atoms with Gasteiger partial charge < -0.3 is 9.47 Å². The number of methoxy groups -OCH3 is 1. The van der Waals surface area contributed by atoms with E-state index in [-0.39, 0.29) is 6.79 Å². The smallest absolute Gasteiger partial charge is 0.188 e. The summed E-state index contributed by atoms with van der Waals surface area (Å²) in [6.07, 6.45) is 0.710. The van der Waals surface area contributed by atoms with Crippen LogP contribution in [-0.2, 0) is 4.74 Å². The zero-order valence-corrected chi connectivity index (χ0v) is 7.88. The molecular formula is C9H9ClO3. The molecule has 0 heterocycles. The number of halogens is 1. The molecule has 0 aliphatic heterocycles. The van der Waals surface area contributed by atoms with Gasteiger partial charge in [0.05, 0.1) is 5.56 Å². The fraction of sp³-hybridized carbons (Fsp3) is 0.222. The van der Waals surface area contributed by atoms with Crippen LogP contribution in [0.1, 0.15) is 10.4 Å². The van der Waals surface area contributed by atoms with Gasteiger partial charge in [-0.25, -0.2) is 0 Å². The highest BCUT2D eigenvalue weighted by atomic mass is 35.5. The molecule has 70 valence electrons. The third-order valence-corrected chi connectivity index (χ3v) is 1.67. The standard InChI is InChI=1S/C9H9ClO3/c1-12-6-13-9-4-8(10)3-2-7(9)5-11/h2-5H,6H2,1H3.